The zero-order valence-corrected chi connectivity index (χ0v) is 15.2. The number of rotatable bonds is 1. The fraction of sp³-hybridized carbons (Fsp3) is 0.278. The number of nitrogens with zero attached hydrogens (tertiary/aromatic N) is 2. The maximum Gasteiger partial charge on any atom is 0.192 e. The van der Waals surface area contributed by atoms with Crippen LogP contribution in [0.15, 0.2) is 52.0 Å². The van der Waals surface area contributed by atoms with Crippen LogP contribution in [-0.2, 0) is 0 Å². The Morgan fingerprint density at radius 3 is 2.70 bits per heavy atom. The Kier molecular flexibility index (Phi) is 3.43. The van der Waals surface area contributed by atoms with Crippen molar-refractivity contribution >= 4 is 33.2 Å². The number of hydrogen-bond donors (Lipinski definition) is 0. The molecule has 2 aromatic carbocycles. The molecule has 0 amide bonds. The summed E-state index contributed by atoms with van der Waals surface area (Å²) < 4.78 is 7.21. The van der Waals surface area contributed by atoms with Gasteiger partial charge in [-0.2, -0.15) is 5.10 Å². The molecular weight excluding hydrogens is 376 g/mol. The van der Waals surface area contributed by atoms with Gasteiger partial charge >= 0.3 is 0 Å². The van der Waals surface area contributed by atoms with Gasteiger partial charge in [0.25, 0.3) is 0 Å². The lowest BCUT2D eigenvalue weighted by molar-refractivity contribution is -0.0911. The van der Waals surface area contributed by atoms with Crippen LogP contribution < -0.4 is 4.74 Å². The molecule has 2 aliphatic rings. The van der Waals surface area contributed by atoms with Gasteiger partial charge in [0.2, 0.25) is 0 Å². The van der Waals surface area contributed by atoms with E-state index in [-0.39, 0.29) is 6.04 Å². The highest BCUT2D eigenvalue weighted by atomic mass is 79.9. The molecule has 0 aliphatic carbocycles. The summed E-state index contributed by atoms with van der Waals surface area (Å²) in [4.78, 5) is 0. The van der Waals surface area contributed by atoms with Gasteiger partial charge < -0.3 is 4.74 Å². The van der Waals surface area contributed by atoms with Crippen molar-refractivity contribution < 1.29 is 4.74 Å². The highest BCUT2D eigenvalue weighted by Crippen LogP contribution is 2.47. The quantitative estimate of drug-likeness (QED) is 0.652. The minimum Gasteiger partial charge on any atom is -0.467 e. The maximum atomic E-state index is 6.19. The van der Waals surface area contributed by atoms with Crippen LogP contribution in [0, 0.1) is 0 Å². The van der Waals surface area contributed by atoms with Crippen LogP contribution in [0.3, 0.4) is 0 Å². The third kappa shape index (κ3) is 2.54. The molecule has 0 fully saturated rings. The normalized spacial score (nSPS) is 21.3. The molecule has 2 aromatic rings. The van der Waals surface area contributed by atoms with Crippen molar-refractivity contribution in [1.29, 1.82) is 0 Å². The molecule has 0 bridgehead atoms. The molecule has 23 heavy (non-hydrogen) atoms. The zero-order valence-electron chi connectivity index (χ0n) is 12.9. The van der Waals surface area contributed by atoms with Crippen molar-refractivity contribution in [3.05, 3.63) is 63.1 Å². The van der Waals surface area contributed by atoms with E-state index in [0.29, 0.717) is 0 Å². The van der Waals surface area contributed by atoms with Crippen molar-refractivity contribution in [1.82, 2.24) is 5.01 Å². The first-order valence-corrected chi connectivity index (χ1v) is 8.72. The van der Waals surface area contributed by atoms with E-state index in [2.05, 4.69) is 33.1 Å². The van der Waals surface area contributed by atoms with Gasteiger partial charge in [-0.05, 0) is 49.7 Å². The molecule has 5 heteroatoms. The van der Waals surface area contributed by atoms with Gasteiger partial charge in [0.05, 0.1) is 11.8 Å². The molecule has 1 atom stereocenters. The van der Waals surface area contributed by atoms with Crippen LogP contribution >= 0.6 is 27.5 Å². The average molecular weight is 392 g/mol. The van der Waals surface area contributed by atoms with Crippen LogP contribution in [-0.4, -0.2) is 16.4 Å². The lowest BCUT2D eigenvalue weighted by Crippen LogP contribution is -2.48. The summed E-state index contributed by atoms with van der Waals surface area (Å²) >= 11 is 9.67. The molecule has 0 aromatic heterocycles. The number of hydrazone groups is 1. The number of halogens is 2. The Bertz CT molecular complexity index is 801. The maximum absolute atomic E-state index is 6.19. The fourth-order valence-electron chi connectivity index (χ4n) is 3.25. The predicted molar refractivity (Wildman–Crippen MR) is 96.0 cm³/mol. The lowest BCUT2D eigenvalue weighted by Gasteiger charge is -2.43. The fourth-order valence-corrected chi connectivity index (χ4v) is 3.70. The molecule has 0 unspecified atom stereocenters. The Labute approximate surface area is 149 Å². The van der Waals surface area contributed by atoms with Crippen LogP contribution in [0.25, 0.3) is 0 Å². The predicted octanol–water partition coefficient (Wildman–Crippen LogP) is 5.38. The van der Waals surface area contributed by atoms with E-state index in [0.717, 1.165) is 38.5 Å². The largest absolute Gasteiger partial charge is 0.467 e. The summed E-state index contributed by atoms with van der Waals surface area (Å²) in [6.45, 7) is 4.09. The summed E-state index contributed by atoms with van der Waals surface area (Å²) in [6.07, 6.45) is 0.849. The van der Waals surface area contributed by atoms with E-state index in [1.54, 1.807) is 0 Å². The van der Waals surface area contributed by atoms with Crippen molar-refractivity contribution in [2.75, 3.05) is 0 Å². The Hall–Kier alpha value is -1.52. The standard InChI is InChI=1S/C18H16BrClN2O/c1-18(2)22-16(14-9-13(20)7-8-17(14)23-18)10-15(21-22)11-3-5-12(19)6-4-11/h3-9,16H,10H2,1-2H3/t16-/m0/s1. The van der Waals surface area contributed by atoms with E-state index in [1.165, 1.54) is 0 Å². The lowest BCUT2D eigenvalue weighted by atomic mass is 9.95. The molecule has 0 spiro atoms. The van der Waals surface area contributed by atoms with E-state index >= 15 is 0 Å². The third-order valence-corrected chi connectivity index (χ3v) is 5.09. The number of fused-ring (bicyclic) bond motifs is 3. The zero-order chi connectivity index (χ0) is 16.2. The van der Waals surface area contributed by atoms with Gasteiger partial charge in [0, 0.05) is 21.5 Å². The van der Waals surface area contributed by atoms with Gasteiger partial charge in [0.15, 0.2) is 5.72 Å². The molecule has 3 nitrogen and oxygen atoms in total. The first-order valence-electron chi connectivity index (χ1n) is 7.55. The summed E-state index contributed by atoms with van der Waals surface area (Å²) in [5, 5.41) is 7.64. The van der Waals surface area contributed by atoms with E-state index in [1.807, 2.05) is 44.2 Å². The second-order valence-corrected chi connectivity index (χ2v) is 7.70. The minimum absolute atomic E-state index is 0.158. The molecule has 0 N–H and O–H groups in total. The first kappa shape index (κ1) is 15.0. The summed E-state index contributed by atoms with van der Waals surface area (Å²) in [5.41, 5.74) is 2.84. The van der Waals surface area contributed by atoms with Crippen molar-refractivity contribution in [3.63, 3.8) is 0 Å². The highest BCUT2D eigenvalue weighted by Gasteiger charge is 2.44. The summed E-state index contributed by atoms with van der Waals surface area (Å²) in [5.74, 6) is 0.896. The molecule has 2 heterocycles. The van der Waals surface area contributed by atoms with Gasteiger partial charge in [0.1, 0.15) is 5.75 Å². The van der Waals surface area contributed by atoms with Crippen LogP contribution in [0.5, 0.6) is 5.75 Å². The molecule has 4 rings (SSSR count). The van der Waals surface area contributed by atoms with Gasteiger partial charge in [-0.25, -0.2) is 5.01 Å². The van der Waals surface area contributed by atoms with E-state index < -0.39 is 5.72 Å². The molecule has 0 saturated carbocycles. The molecular formula is C18H16BrClN2O. The molecule has 2 aliphatic heterocycles. The van der Waals surface area contributed by atoms with Gasteiger partial charge in [-0.15, -0.1) is 0 Å². The third-order valence-electron chi connectivity index (χ3n) is 4.33. The average Bonchev–Trinajstić information content (AvgIpc) is 2.95. The first-order chi connectivity index (χ1) is 10.9. The Morgan fingerprint density at radius 1 is 1.22 bits per heavy atom. The molecule has 118 valence electrons. The number of benzene rings is 2. The van der Waals surface area contributed by atoms with Crippen LogP contribution in [0.2, 0.25) is 5.02 Å². The molecule has 0 saturated heterocycles. The van der Waals surface area contributed by atoms with Crippen molar-refractivity contribution in [2.45, 2.75) is 32.0 Å². The second-order valence-electron chi connectivity index (χ2n) is 6.35. The van der Waals surface area contributed by atoms with Gasteiger partial charge in [-0.3, -0.25) is 0 Å². The smallest absolute Gasteiger partial charge is 0.192 e. The highest BCUT2D eigenvalue weighted by molar-refractivity contribution is 9.10. The van der Waals surface area contributed by atoms with Crippen LogP contribution in [0.4, 0.5) is 0 Å². The topological polar surface area (TPSA) is 24.8 Å². The minimum atomic E-state index is -0.484. The Morgan fingerprint density at radius 2 is 1.96 bits per heavy atom. The summed E-state index contributed by atoms with van der Waals surface area (Å²) in [7, 11) is 0. The summed E-state index contributed by atoms with van der Waals surface area (Å²) in [6, 6.07) is 14.2. The molecule has 0 radical (unpaired) electrons. The van der Waals surface area contributed by atoms with Crippen molar-refractivity contribution in [2.24, 2.45) is 5.10 Å². The monoisotopic (exact) mass is 390 g/mol. The van der Waals surface area contributed by atoms with Crippen LogP contribution in [0.1, 0.15) is 37.4 Å². The van der Waals surface area contributed by atoms with Gasteiger partial charge in [-0.1, -0.05) is 39.7 Å². The number of ether oxygens (including phenoxy) is 1. The van der Waals surface area contributed by atoms with E-state index in [4.69, 9.17) is 21.4 Å². The van der Waals surface area contributed by atoms with Crippen molar-refractivity contribution in [3.8, 4) is 5.75 Å². The second kappa shape index (κ2) is 5.25. The Balaban J connectivity index is 1.77. The van der Waals surface area contributed by atoms with E-state index in [9.17, 15) is 0 Å². The number of hydrogen-bond acceptors (Lipinski definition) is 3. The SMILES string of the molecule is CC1(C)Oc2ccc(Cl)cc2[C@@H]2CC(c3ccc(Br)cc3)=NN21.